The lowest BCUT2D eigenvalue weighted by Gasteiger charge is -2.44. The number of nitrogens with two attached hydrogens (primary N) is 1. The summed E-state index contributed by atoms with van der Waals surface area (Å²) >= 11 is 0. The van der Waals surface area contributed by atoms with Crippen molar-refractivity contribution in [1.29, 1.82) is 0 Å². The molecule has 1 aliphatic rings. The molecule has 0 atom stereocenters. The first-order valence-electron chi connectivity index (χ1n) is 10.4. The van der Waals surface area contributed by atoms with Gasteiger partial charge >= 0.3 is 5.91 Å². The molecule has 1 aromatic heterocycles. The van der Waals surface area contributed by atoms with Crippen molar-refractivity contribution in [1.82, 2.24) is 4.57 Å². The van der Waals surface area contributed by atoms with Gasteiger partial charge in [0.15, 0.2) is 11.6 Å². The van der Waals surface area contributed by atoms with E-state index in [-0.39, 0.29) is 22.5 Å². The van der Waals surface area contributed by atoms with E-state index < -0.39 is 40.9 Å². The summed E-state index contributed by atoms with van der Waals surface area (Å²) in [6.07, 6.45) is 0.989. The van der Waals surface area contributed by atoms with Crippen molar-refractivity contribution in [2.24, 2.45) is 12.8 Å². The van der Waals surface area contributed by atoms with Crippen LogP contribution in [-0.2, 0) is 11.8 Å². The van der Waals surface area contributed by atoms with Gasteiger partial charge in [0.25, 0.3) is 11.7 Å². The number of hydrogen-bond donors (Lipinski definition) is 2. The summed E-state index contributed by atoms with van der Waals surface area (Å²) in [7, 11) is 1.55. The van der Waals surface area contributed by atoms with Gasteiger partial charge in [-0.05, 0) is 64.2 Å². The average molecular weight is 447 g/mol. The van der Waals surface area contributed by atoms with E-state index in [9.17, 15) is 28.3 Å². The summed E-state index contributed by atoms with van der Waals surface area (Å²) in [6, 6.07) is 3.03. The molecule has 3 rings (SSSR count). The lowest BCUT2D eigenvalue weighted by molar-refractivity contribution is -0.116. The molecular weight excluding hydrogens is 420 g/mol. The zero-order valence-corrected chi connectivity index (χ0v) is 18.5. The maximum atomic E-state index is 14.1. The molecule has 1 saturated carbocycles. The predicted octanol–water partition coefficient (Wildman–Crippen LogP) is 2.93. The number of carbonyl (C=O) groups is 3. The van der Waals surface area contributed by atoms with E-state index in [1.165, 1.54) is 22.5 Å². The molecule has 1 fully saturated rings. The van der Waals surface area contributed by atoms with Gasteiger partial charge in [0.2, 0.25) is 0 Å². The number of anilines is 1. The third kappa shape index (κ3) is 3.92. The number of hydrogen-bond acceptors (Lipinski definition) is 4. The molecule has 0 radical (unpaired) electrons. The molecule has 0 aliphatic heterocycles. The predicted molar refractivity (Wildman–Crippen MR) is 114 cm³/mol. The van der Waals surface area contributed by atoms with Gasteiger partial charge in [-0.25, -0.2) is 8.78 Å². The van der Waals surface area contributed by atoms with Gasteiger partial charge in [-0.3, -0.25) is 19.3 Å². The van der Waals surface area contributed by atoms with Crippen LogP contribution in [0.2, 0.25) is 0 Å². The highest BCUT2D eigenvalue weighted by Crippen LogP contribution is 2.38. The maximum absolute atomic E-state index is 14.1. The second kappa shape index (κ2) is 8.46. The highest BCUT2D eigenvalue weighted by atomic mass is 19.2. The number of aliphatic hydroxyl groups excluding tert-OH is 1. The van der Waals surface area contributed by atoms with Crippen molar-refractivity contribution < 1.29 is 28.3 Å². The van der Waals surface area contributed by atoms with Crippen LogP contribution < -0.4 is 10.6 Å². The van der Waals surface area contributed by atoms with E-state index in [0.717, 1.165) is 12.1 Å². The lowest BCUT2D eigenvalue weighted by atomic mass is 9.80. The Hall–Kier alpha value is -3.07. The van der Waals surface area contributed by atoms with E-state index in [1.807, 2.05) is 0 Å². The molecule has 1 aliphatic carbocycles. The molecule has 0 bridgehead atoms. The Morgan fingerprint density at radius 2 is 1.75 bits per heavy atom. The molecule has 1 aromatic carbocycles. The van der Waals surface area contributed by atoms with Crippen LogP contribution in [0.25, 0.3) is 0 Å². The summed E-state index contributed by atoms with van der Waals surface area (Å²) in [5, 5.41) is 9.93. The molecule has 3 N–H and O–H groups in total. The van der Waals surface area contributed by atoms with Crippen LogP contribution in [0, 0.1) is 25.5 Å². The summed E-state index contributed by atoms with van der Waals surface area (Å²) < 4.78 is 29.1. The highest BCUT2D eigenvalue weighted by molar-refractivity contribution is 6.47. The van der Waals surface area contributed by atoms with Crippen LogP contribution >= 0.6 is 0 Å². The van der Waals surface area contributed by atoms with Crippen LogP contribution in [0.15, 0.2) is 18.2 Å². The maximum Gasteiger partial charge on any atom is 0.301 e. The number of benzene rings is 1. The molecule has 9 heteroatoms. The molecule has 0 saturated heterocycles. The fourth-order valence-corrected chi connectivity index (χ4v) is 4.61. The molecule has 172 valence electrons. The Kier molecular flexibility index (Phi) is 6.24. The minimum atomic E-state index is -1.14. The fraction of sp³-hybridized carbons (Fsp3) is 0.435. The van der Waals surface area contributed by atoms with Gasteiger partial charge in [0.05, 0.1) is 17.4 Å². The molecule has 0 unspecified atom stereocenters. The third-order valence-corrected chi connectivity index (χ3v) is 6.52. The van der Waals surface area contributed by atoms with Crippen molar-refractivity contribution in [3.05, 3.63) is 52.3 Å². The molecule has 32 heavy (non-hydrogen) atoms. The Morgan fingerprint density at radius 3 is 2.25 bits per heavy atom. The van der Waals surface area contributed by atoms with Gasteiger partial charge in [0, 0.05) is 30.0 Å². The number of rotatable bonds is 5. The number of ketones is 1. The summed E-state index contributed by atoms with van der Waals surface area (Å²) in [5.74, 6) is -4.76. The highest BCUT2D eigenvalue weighted by Gasteiger charge is 2.43. The second-order valence-corrected chi connectivity index (χ2v) is 8.65. The van der Waals surface area contributed by atoms with Gasteiger partial charge in [0.1, 0.15) is 0 Å². The number of aliphatic hydroxyl groups is 1. The second-order valence-electron chi connectivity index (χ2n) is 8.65. The van der Waals surface area contributed by atoms with Crippen molar-refractivity contribution in [2.75, 3.05) is 4.90 Å². The average Bonchev–Trinajstić information content (AvgIpc) is 2.95. The Bertz CT molecular complexity index is 1100. The van der Waals surface area contributed by atoms with Crippen LogP contribution in [0.3, 0.4) is 0 Å². The van der Waals surface area contributed by atoms with E-state index in [1.54, 1.807) is 20.9 Å². The monoisotopic (exact) mass is 447 g/mol. The van der Waals surface area contributed by atoms with E-state index in [4.69, 9.17) is 5.73 Å². The number of Topliss-reactive ketones (excluding diaryl/α,β-unsaturated/α-hetero) is 1. The minimum absolute atomic E-state index is 0.00771. The first-order chi connectivity index (χ1) is 14.9. The van der Waals surface area contributed by atoms with Crippen LogP contribution in [0.1, 0.15) is 64.7 Å². The van der Waals surface area contributed by atoms with Gasteiger partial charge in [-0.1, -0.05) is 0 Å². The van der Waals surface area contributed by atoms with Crippen molar-refractivity contribution in [3.63, 3.8) is 0 Å². The first-order valence-corrected chi connectivity index (χ1v) is 10.4. The van der Waals surface area contributed by atoms with Gasteiger partial charge in [-0.2, -0.15) is 0 Å². The Balaban J connectivity index is 2.12. The minimum Gasteiger partial charge on any atom is -0.393 e. The largest absolute Gasteiger partial charge is 0.393 e. The van der Waals surface area contributed by atoms with Crippen LogP contribution in [0.4, 0.5) is 14.5 Å². The van der Waals surface area contributed by atoms with Crippen molar-refractivity contribution >= 4 is 23.3 Å². The number of halogens is 2. The van der Waals surface area contributed by atoms with Crippen LogP contribution in [-0.4, -0.2) is 38.9 Å². The van der Waals surface area contributed by atoms with Gasteiger partial charge < -0.3 is 15.4 Å². The Labute approximate surface area is 184 Å². The first kappa shape index (κ1) is 23.6. The molecular formula is C23H27F2N3O4. The van der Waals surface area contributed by atoms with Crippen LogP contribution in [0.5, 0.6) is 0 Å². The van der Waals surface area contributed by atoms with Gasteiger partial charge in [-0.15, -0.1) is 0 Å². The molecule has 2 aromatic rings. The van der Waals surface area contributed by atoms with E-state index in [2.05, 4.69) is 0 Å². The molecule has 0 spiro atoms. The number of amides is 2. The fourth-order valence-electron chi connectivity index (χ4n) is 4.61. The molecule has 1 heterocycles. The van der Waals surface area contributed by atoms with Crippen molar-refractivity contribution in [3.8, 4) is 0 Å². The normalized spacial score (nSPS) is 20.8. The Morgan fingerprint density at radius 1 is 1.16 bits per heavy atom. The number of nitrogens with zero attached hydrogens (tertiary/aromatic N) is 2. The quantitative estimate of drug-likeness (QED) is 0.543. The standard InChI is InChI=1S/C23H27F2N3O4/c1-12-18(21(26)31)13(2)27(4)19(12)20(30)22(32)28(14-5-6-16(24)17(25)11-14)23(3)9-7-15(29)8-10-23/h5-6,11,15,29H,7-10H2,1-4H3,(H2,26,31). The third-order valence-electron chi connectivity index (χ3n) is 6.52. The van der Waals surface area contributed by atoms with E-state index in [0.29, 0.717) is 31.4 Å². The number of primary amides is 1. The zero-order chi connectivity index (χ0) is 24.0. The molecule has 2 amide bonds. The SMILES string of the molecule is Cc1c(C(N)=O)c(C)n(C)c1C(=O)C(=O)N(c1ccc(F)c(F)c1)C1(C)CCC(O)CC1. The summed E-state index contributed by atoms with van der Waals surface area (Å²) in [5.41, 5.74) is 5.48. The smallest absolute Gasteiger partial charge is 0.301 e. The number of carbonyl (C=O) groups excluding carboxylic acids is 3. The van der Waals surface area contributed by atoms with E-state index >= 15 is 0 Å². The topological polar surface area (TPSA) is 106 Å². The molecule has 7 nitrogen and oxygen atoms in total. The number of aromatic nitrogens is 1. The van der Waals surface area contributed by atoms with Crippen molar-refractivity contribution in [2.45, 2.75) is 58.1 Å². The summed E-state index contributed by atoms with van der Waals surface area (Å²) in [4.78, 5) is 40.0. The summed E-state index contributed by atoms with van der Waals surface area (Å²) in [6.45, 7) is 4.91. The lowest BCUT2D eigenvalue weighted by Crippen LogP contribution is -2.55. The zero-order valence-electron chi connectivity index (χ0n) is 18.5.